The molecule has 0 saturated heterocycles. The Labute approximate surface area is 119 Å². The van der Waals surface area contributed by atoms with Gasteiger partial charge in [-0.3, -0.25) is 4.79 Å². The number of hydrogen-bond donors (Lipinski definition) is 2. The summed E-state index contributed by atoms with van der Waals surface area (Å²) in [6, 6.07) is 3.70. The number of likely N-dealkylation sites (N-methyl/N-ethyl adjacent to an activating group) is 1. The molecular weight excluding hydrogens is 280 g/mol. The van der Waals surface area contributed by atoms with Gasteiger partial charge in [0.15, 0.2) is 0 Å². The first kappa shape index (κ1) is 16.5. The second-order valence-electron chi connectivity index (χ2n) is 4.37. The number of benzene rings is 1. The normalized spacial score (nSPS) is 12.8. The van der Waals surface area contributed by atoms with E-state index in [2.05, 4.69) is 10.0 Å². The lowest BCUT2D eigenvalue weighted by atomic mass is 10.2. The van der Waals surface area contributed by atoms with E-state index in [0.717, 1.165) is 0 Å². The van der Waals surface area contributed by atoms with E-state index < -0.39 is 16.1 Å². The van der Waals surface area contributed by atoms with Crippen LogP contribution in [-0.4, -0.2) is 34.0 Å². The van der Waals surface area contributed by atoms with Crippen LogP contribution in [0.3, 0.4) is 0 Å². The average molecular weight is 300 g/mol. The second kappa shape index (κ2) is 6.71. The highest BCUT2D eigenvalue weighted by atomic mass is 32.2. The Morgan fingerprint density at radius 2 is 2.05 bits per heavy atom. The Morgan fingerprint density at radius 3 is 2.55 bits per heavy atom. The molecule has 0 heterocycles. The number of amides is 1. The number of carbonyl (C=O) groups is 1. The van der Waals surface area contributed by atoms with Gasteiger partial charge in [0.05, 0.1) is 18.0 Å². The van der Waals surface area contributed by atoms with Gasteiger partial charge in [-0.05, 0) is 44.5 Å². The Hall–Kier alpha value is -1.60. The number of hydrogen-bond acceptors (Lipinski definition) is 4. The van der Waals surface area contributed by atoms with Crippen molar-refractivity contribution in [1.29, 1.82) is 0 Å². The van der Waals surface area contributed by atoms with Crippen LogP contribution in [0.5, 0.6) is 5.75 Å². The van der Waals surface area contributed by atoms with E-state index in [1.54, 1.807) is 19.9 Å². The van der Waals surface area contributed by atoms with Crippen LogP contribution in [0.15, 0.2) is 23.1 Å². The number of carbonyl (C=O) groups excluding carboxylic acids is 1. The molecule has 112 valence electrons. The predicted octanol–water partition coefficient (Wildman–Crippen LogP) is 0.807. The highest BCUT2D eigenvalue weighted by molar-refractivity contribution is 7.89. The molecule has 20 heavy (non-hydrogen) atoms. The Bertz CT molecular complexity index is 584. The molecule has 7 heteroatoms. The fraction of sp³-hybridized carbons (Fsp3) is 0.462. The summed E-state index contributed by atoms with van der Waals surface area (Å²) in [6.45, 7) is 5.47. The van der Waals surface area contributed by atoms with Crippen molar-refractivity contribution in [2.45, 2.75) is 31.7 Å². The number of ether oxygens (including phenoxy) is 1. The highest BCUT2D eigenvalue weighted by Gasteiger charge is 2.22. The van der Waals surface area contributed by atoms with Crippen molar-refractivity contribution in [2.24, 2.45) is 0 Å². The van der Waals surface area contributed by atoms with Gasteiger partial charge in [0.2, 0.25) is 15.9 Å². The minimum absolute atomic E-state index is 0.104. The lowest BCUT2D eigenvalue weighted by molar-refractivity contribution is -0.122. The molecule has 2 N–H and O–H groups in total. The van der Waals surface area contributed by atoms with E-state index in [4.69, 9.17) is 4.74 Å². The molecule has 6 nitrogen and oxygen atoms in total. The molecule has 0 radical (unpaired) electrons. The Morgan fingerprint density at radius 1 is 1.40 bits per heavy atom. The van der Waals surface area contributed by atoms with Crippen molar-refractivity contribution in [3.05, 3.63) is 23.8 Å². The molecule has 1 atom stereocenters. The maximum Gasteiger partial charge on any atom is 0.241 e. The standard InChI is InChI=1S/C13H20N2O4S/c1-5-14-13(16)10(3)15-20(17,18)11-6-7-12(19-4)9(2)8-11/h6-8,10,15H,5H2,1-4H3,(H,14,16)/t10-/m0/s1. The van der Waals surface area contributed by atoms with Crippen LogP contribution < -0.4 is 14.8 Å². The molecule has 1 aromatic carbocycles. The fourth-order valence-corrected chi connectivity index (χ4v) is 2.99. The number of nitrogens with one attached hydrogen (secondary N) is 2. The molecule has 0 bridgehead atoms. The third kappa shape index (κ3) is 3.94. The third-order valence-corrected chi connectivity index (χ3v) is 4.29. The Balaban J connectivity index is 2.94. The lowest BCUT2D eigenvalue weighted by Crippen LogP contribution is -2.44. The van der Waals surface area contributed by atoms with E-state index in [1.165, 1.54) is 26.2 Å². The summed E-state index contributed by atoms with van der Waals surface area (Å²) in [5, 5.41) is 2.56. The van der Waals surface area contributed by atoms with Gasteiger partial charge in [-0.15, -0.1) is 0 Å². The molecule has 0 unspecified atom stereocenters. The van der Waals surface area contributed by atoms with Crippen molar-refractivity contribution in [3.8, 4) is 5.75 Å². The molecule has 0 aliphatic rings. The SMILES string of the molecule is CCNC(=O)[C@H](C)NS(=O)(=O)c1ccc(OC)c(C)c1. The van der Waals surface area contributed by atoms with Crippen LogP contribution in [0, 0.1) is 6.92 Å². The highest BCUT2D eigenvalue weighted by Crippen LogP contribution is 2.21. The van der Waals surface area contributed by atoms with E-state index in [9.17, 15) is 13.2 Å². The third-order valence-electron chi connectivity index (χ3n) is 2.75. The summed E-state index contributed by atoms with van der Waals surface area (Å²) < 4.78 is 31.8. The van der Waals surface area contributed by atoms with Gasteiger partial charge in [-0.2, -0.15) is 4.72 Å². The van der Waals surface area contributed by atoms with Crippen molar-refractivity contribution < 1.29 is 17.9 Å². The van der Waals surface area contributed by atoms with Crippen LogP contribution >= 0.6 is 0 Å². The zero-order chi connectivity index (χ0) is 15.3. The molecule has 1 amide bonds. The predicted molar refractivity (Wildman–Crippen MR) is 76.2 cm³/mol. The zero-order valence-corrected chi connectivity index (χ0v) is 12.9. The first-order chi connectivity index (χ1) is 9.31. The summed E-state index contributed by atoms with van der Waals surface area (Å²) in [6.07, 6.45) is 0. The van der Waals surface area contributed by atoms with Crippen LogP contribution in [-0.2, 0) is 14.8 Å². The Kier molecular flexibility index (Phi) is 5.52. The summed E-state index contributed by atoms with van der Waals surface area (Å²) >= 11 is 0. The van der Waals surface area contributed by atoms with Gasteiger partial charge in [0.25, 0.3) is 0 Å². The number of sulfonamides is 1. The maximum absolute atomic E-state index is 12.2. The monoisotopic (exact) mass is 300 g/mol. The summed E-state index contributed by atoms with van der Waals surface area (Å²) in [5.41, 5.74) is 0.709. The summed E-state index contributed by atoms with van der Waals surface area (Å²) in [5.74, 6) is 0.252. The zero-order valence-electron chi connectivity index (χ0n) is 12.1. The maximum atomic E-state index is 12.2. The second-order valence-corrected chi connectivity index (χ2v) is 6.08. The fourth-order valence-electron chi connectivity index (χ4n) is 1.70. The van der Waals surface area contributed by atoms with Gasteiger partial charge in [0, 0.05) is 6.54 Å². The molecule has 0 saturated carbocycles. The summed E-state index contributed by atoms with van der Waals surface area (Å²) in [7, 11) is -2.22. The molecule has 1 aromatic rings. The van der Waals surface area contributed by atoms with E-state index in [-0.39, 0.29) is 10.8 Å². The van der Waals surface area contributed by atoms with Gasteiger partial charge in [-0.1, -0.05) is 0 Å². The van der Waals surface area contributed by atoms with Crippen LogP contribution in [0.1, 0.15) is 19.4 Å². The summed E-state index contributed by atoms with van der Waals surface area (Å²) in [4.78, 5) is 11.7. The van der Waals surface area contributed by atoms with Gasteiger partial charge >= 0.3 is 0 Å². The van der Waals surface area contributed by atoms with E-state index in [1.807, 2.05) is 0 Å². The minimum atomic E-state index is -3.74. The number of methoxy groups -OCH3 is 1. The van der Waals surface area contributed by atoms with Crippen molar-refractivity contribution in [3.63, 3.8) is 0 Å². The minimum Gasteiger partial charge on any atom is -0.496 e. The van der Waals surface area contributed by atoms with Crippen molar-refractivity contribution >= 4 is 15.9 Å². The van der Waals surface area contributed by atoms with Crippen LogP contribution in [0.4, 0.5) is 0 Å². The molecule has 0 aliphatic carbocycles. The molecule has 0 fully saturated rings. The molecule has 0 spiro atoms. The van der Waals surface area contributed by atoms with E-state index >= 15 is 0 Å². The molecule has 1 rings (SSSR count). The molecular formula is C13H20N2O4S. The number of aryl methyl sites for hydroxylation is 1. The quantitative estimate of drug-likeness (QED) is 0.814. The smallest absolute Gasteiger partial charge is 0.241 e. The van der Waals surface area contributed by atoms with E-state index in [0.29, 0.717) is 17.9 Å². The average Bonchev–Trinajstić information content (AvgIpc) is 2.38. The van der Waals surface area contributed by atoms with Crippen LogP contribution in [0.2, 0.25) is 0 Å². The van der Waals surface area contributed by atoms with Gasteiger partial charge in [0.1, 0.15) is 5.75 Å². The lowest BCUT2D eigenvalue weighted by Gasteiger charge is -2.14. The topological polar surface area (TPSA) is 84.5 Å². The first-order valence-corrected chi connectivity index (χ1v) is 7.74. The van der Waals surface area contributed by atoms with Crippen molar-refractivity contribution in [2.75, 3.05) is 13.7 Å². The van der Waals surface area contributed by atoms with Gasteiger partial charge in [-0.25, -0.2) is 8.42 Å². The van der Waals surface area contributed by atoms with Crippen molar-refractivity contribution in [1.82, 2.24) is 10.0 Å². The van der Waals surface area contributed by atoms with Gasteiger partial charge < -0.3 is 10.1 Å². The largest absolute Gasteiger partial charge is 0.496 e. The first-order valence-electron chi connectivity index (χ1n) is 6.26. The number of rotatable bonds is 6. The molecule has 0 aromatic heterocycles. The van der Waals surface area contributed by atoms with Crippen LogP contribution in [0.25, 0.3) is 0 Å². The molecule has 0 aliphatic heterocycles.